The van der Waals surface area contributed by atoms with E-state index >= 15 is 0 Å². The number of hydrogen-bond acceptors (Lipinski definition) is 8. The SMILES string of the molecule is CC(=O)[C@H](CCC(=O)O)NC(=O)c1ccc(NCc2cnc3[nH]c(C)nc(=O)c3n2)cc1. The van der Waals surface area contributed by atoms with E-state index in [1.807, 2.05) is 0 Å². The molecule has 0 aliphatic carbocycles. The normalized spacial score (nSPS) is 11.7. The van der Waals surface area contributed by atoms with Gasteiger partial charge in [-0.25, -0.2) is 9.97 Å². The number of nitrogens with zero attached hydrogens (tertiary/aromatic N) is 3. The summed E-state index contributed by atoms with van der Waals surface area (Å²) in [6, 6.07) is 5.66. The fourth-order valence-electron chi connectivity index (χ4n) is 2.97. The second-order valence-corrected chi connectivity index (χ2v) is 7.19. The number of H-pyrrole nitrogens is 1. The molecule has 0 radical (unpaired) electrons. The molecule has 0 aliphatic rings. The molecule has 0 aliphatic heterocycles. The van der Waals surface area contributed by atoms with Crippen LogP contribution < -0.4 is 16.2 Å². The summed E-state index contributed by atoms with van der Waals surface area (Å²) < 4.78 is 0. The predicted octanol–water partition coefficient (Wildman–Crippen LogP) is 1.19. The Labute approximate surface area is 182 Å². The lowest BCUT2D eigenvalue weighted by Crippen LogP contribution is -2.40. The smallest absolute Gasteiger partial charge is 0.303 e. The topological polar surface area (TPSA) is 167 Å². The standard InChI is InChI=1S/C21H22N6O5/c1-11(28)16(7-8-17(29)30)27-20(31)13-3-5-14(6-4-13)22-9-15-10-23-19-18(26-15)21(32)25-12(2)24-19/h3-6,10,16,22H,7-9H2,1-2H3,(H,27,31)(H,29,30)(H,23,24,25,32)/t16-/m0/s1. The fourth-order valence-corrected chi connectivity index (χ4v) is 2.97. The van der Waals surface area contributed by atoms with Crippen LogP contribution in [-0.2, 0) is 16.1 Å². The van der Waals surface area contributed by atoms with Gasteiger partial charge in [-0.15, -0.1) is 0 Å². The van der Waals surface area contributed by atoms with Crippen molar-refractivity contribution in [3.8, 4) is 0 Å². The summed E-state index contributed by atoms with van der Waals surface area (Å²) >= 11 is 0. The van der Waals surface area contributed by atoms with Crippen LogP contribution in [0.25, 0.3) is 11.2 Å². The summed E-state index contributed by atoms with van der Waals surface area (Å²) in [5.41, 5.74) is 1.65. The summed E-state index contributed by atoms with van der Waals surface area (Å²) in [6.07, 6.45) is 1.36. The lowest BCUT2D eigenvalue weighted by molar-refractivity contribution is -0.137. The molecule has 0 saturated heterocycles. The number of aryl methyl sites for hydroxylation is 1. The molecular formula is C21H22N6O5. The van der Waals surface area contributed by atoms with Crippen molar-refractivity contribution in [3.63, 3.8) is 0 Å². The first-order valence-corrected chi connectivity index (χ1v) is 9.82. The number of aliphatic carboxylic acids is 1. The highest BCUT2D eigenvalue weighted by molar-refractivity contribution is 5.97. The van der Waals surface area contributed by atoms with Crippen molar-refractivity contribution in [1.29, 1.82) is 0 Å². The van der Waals surface area contributed by atoms with E-state index in [0.29, 0.717) is 35.0 Å². The van der Waals surface area contributed by atoms with Crippen molar-refractivity contribution in [2.24, 2.45) is 0 Å². The van der Waals surface area contributed by atoms with Crippen molar-refractivity contribution in [1.82, 2.24) is 25.3 Å². The van der Waals surface area contributed by atoms with Crippen molar-refractivity contribution in [2.45, 2.75) is 39.3 Å². The Balaban J connectivity index is 1.62. The molecule has 0 spiro atoms. The van der Waals surface area contributed by atoms with E-state index in [1.54, 1.807) is 37.4 Å². The summed E-state index contributed by atoms with van der Waals surface area (Å²) in [5.74, 6) is -1.35. The minimum Gasteiger partial charge on any atom is -0.481 e. The molecule has 2 heterocycles. The Kier molecular flexibility index (Phi) is 6.88. The summed E-state index contributed by atoms with van der Waals surface area (Å²) in [5, 5.41) is 14.5. The van der Waals surface area contributed by atoms with E-state index in [2.05, 4.69) is 30.6 Å². The van der Waals surface area contributed by atoms with E-state index < -0.39 is 23.5 Å². The number of aromatic amines is 1. The number of carboxylic acid groups (broad SMARTS) is 1. The number of ketones is 1. The van der Waals surface area contributed by atoms with E-state index in [4.69, 9.17) is 5.11 Å². The van der Waals surface area contributed by atoms with Crippen LogP contribution in [0.5, 0.6) is 0 Å². The quantitative estimate of drug-likeness (QED) is 0.383. The van der Waals surface area contributed by atoms with E-state index in [-0.39, 0.29) is 24.1 Å². The highest BCUT2D eigenvalue weighted by Crippen LogP contribution is 2.12. The van der Waals surface area contributed by atoms with Gasteiger partial charge in [-0.2, -0.15) is 4.98 Å². The zero-order valence-electron chi connectivity index (χ0n) is 17.5. The number of nitrogens with one attached hydrogen (secondary N) is 3. The van der Waals surface area contributed by atoms with Crippen LogP contribution in [0.4, 0.5) is 5.69 Å². The molecule has 3 aromatic rings. The molecule has 11 nitrogen and oxygen atoms in total. The Hall–Kier alpha value is -4.15. The van der Waals surface area contributed by atoms with Gasteiger partial charge in [0.15, 0.2) is 16.9 Å². The van der Waals surface area contributed by atoms with Crippen LogP contribution >= 0.6 is 0 Å². The number of Topliss-reactive ketones (excluding diaryl/α,β-unsaturated/α-hetero) is 1. The molecule has 1 atom stereocenters. The minimum absolute atomic E-state index is 0.0285. The monoisotopic (exact) mass is 438 g/mol. The second-order valence-electron chi connectivity index (χ2n) is 7.19. The highest BCUT2D eigenvalue weighted by Gasteiger charge is 2.19. The van der Waals surface area contributed by atoms with Gasteiger partial charge in [0.2, 0.25) is 0 Å². The van der Waals surface area contributed by atoms with Gasteiger partial charge in [0.1, 0.15) is 5.82 Å². The number of carbonyl (C=O) groups is 3. The third-order valence-corrected chi connectivity index (χ3v) is 4.66. The zero-order chi connectivity index (χ0) is 23.3. The Morgan fingerprint density at radius 3 is 2.53 bits per heavy atom. The average molecular weight is 438 g/mol. The van der Waals surface area contributed by atoms with Gasteiger partial charge in [-0.1, -0.05) is 0 Å². The molecule has 2 aromatic heterocycles. The zero-order valence-corrected chi connectivity index (χ0v) is 17.5. The Morgan fingerprint density at radius 2 is 1.88 bits per heavy atom. The first kappa shape index (κ1) is 22.5. The number of rotatable bonds is 9. The van der Waals surface area contributed by atoms with Gasteiger partial charge < -0.3 is 20.7 Å². The van der Waals surface area contributed by atoms with E-state index in [9.17, 15) is 19.2 Å². The summed E-state index contributed by atoms with van der Waals surface area (Å²) in [6.45, 7) is 3.27. The van der Waals surface area contributed by atoms with E-state index in [1.165, 1.54) is 6.92 Å². The van der Waals surface area contributed by atoms with Crippen molar-refractivity contribution in [2.75, 3.05) is 5.32 Å². The lowest BCUT2D eigenvalue weighted by atomic mass is 10.1. The number of carbonyl (C=O) groups excluding carboxylic acids is 2. The predicted molar refractivity (Wildman–Crippen MR) is 115 cm³/mol. The summed E-state index contributed by atoms with van der Waals surface area (Å²) in [7, 11) is 0. The molecule has 0 fully saturated rings. The van der Waals surface area contributed by atoms with Gasteiger partial charge in [-0.3, -0.25) is 19.2 Å². The molecule has 0 unspecified atom stereocenters. The number of fused-ring (bicyclic) bond motifs is 1. The lowest BCUT2D eigenvalue weighted by Gasteiger charge is -2.15. The Bertz CT molecular complexity index is 1220. The summed E-state index contributed by atoms with van der Waals surface area (Å²) in [4.78, 5) is 61.9. The third kappa shape index (κ3) is 5.72. The van der Waals surface area contributed by atoms with Crippen molar-refractivity contribution >= 4 is 34.5 Å². The average Bonchev–Trinajstić information content (AvgIpc) is 2.75. The number of aromatic nitrogens is 4. The largest absolute Gasteiger partial charge is 0.481 e. The van der Waals surface area contributed by atoms with Crippen LogP contribution in [0.3, 0.4) is 0 Å². The Morgan fingerprint density at radius 1 is 1.16 bits per heavy atom. The van der Waals surface area contributed by atoms with Crippen LogP contribution in [-0.4, -0.2) is 48.7 Å². The van der Waals surface area contributed by atoms with Gasteiger partial charge in [0.25, 0.3) is 5.91 Å². The first-order chi connectivity index (χ1) is 15.2. The van der Waals surface area contributed by atoms with Gasteiger partial charge in [-0.05, 0) is 44.5 Å². The fraction of sp³-hybridized carbons (Fsp3) is 0.286. The van der Waals surface area contributed by atoms with E-state index in [0.717, 1.165) is 0 Å². The van der Waals surface area contributed by atoms with Crippen molar-refractivity contribution in [3.05, 3.63) is 57.9 Å². The maximum atomic E-state index is 12.4. The number of carboxylic acids is 1. The molecule has 0 saturated carbocycles. The highest BCUT2D eigenvalue weighted by atomic mass is 16.4. The second kappa shape index (κ2) is 9.77. The number of anilines is 1. The molecule has 1 amide bonds. The molecule has 1 aromatic carbocycles. The van der Waals surface area contributed by atoms with Crippen LogP contribution in [0.2, 0.25) is 0 Å². The number of hydrogen-bond donors (Lipinski definition) is 4. The molecule has 3 rings (SSSR count). The van der Waals surface area contributed by atoms with Crippen LogP contribution in [0, 0.1) is 6.92 Å². The molecule has 0 bridgehead atoms. The van der Waals surface area contributed by atoms with Crippen LogP contribution in [0.1, 0.15) is 41.6 Å². The third-order valence-electron chi connectivity index (χ3n) is 4.66. The number of benzene rings is 1. The molecule has 4 N–H and O–H groups in total. The molecular weight excluding hydrogens is 416 g/mol. The number of amides is 1. The van der Waals surface area contributed by atoms with Crippen molar-refractivity contribution < 1.29 is 19.5 Å². The van der Waals surface area contributed by atoms with Crippen LogP contribution in [0.15, 0.2) is 35.3 Å². The maximum absolute atomic E-state index is 12.4. The van der Waals surface area contributed by atoms with Gasteiger partial charge >= 0.3 is 11.5 Å². The maximum Gasteiger partial charge on any atom is 0.303 e. The first-order valence-electron chi connectivity index (χ1n) is 9.82. The molecule has 32 heavy (non-hydrogen) atoms. The molecule has 166 valence electrons. The minimum atomic E-state index is -1.03. The van der Waals surface area contributed by atoms with Gasteiger partial charge in [0, 0.05) is 17.7 Å². The van der Waals surface area contributed by atoms with Gasteiger partial charge in [0.05, 0.1) is 24.5 Å². The molecule has 11 heteroatoms.